The highest BCUT2D eigenvalue weighted by Crippen LogP contribution is 2.33. The van der Waals surface area contributed by atoms with E-state index in [0.29, 0.717) is 10.7 Å². The molecule has 1 amide bonds. The lowest BCUT2D eigenvalue weighted by atomic mass is 9.99. The van der Waals surface area contributed by atoms with Crippen molar-refractivity contribution < 1.29 is 4.79 Å². The smallest absolute Gasteiger partial charge is 0.258 e. The molecule has 116 valence electrons. The summed E-state index contributed by atoms with van der Waals surface area (Å²) in [4.78, 5) is 12.7. The Labute approximate surface area is 138 Å². The van der Waals surface area contributed by atoms with Crippen molar-refractivity contribution in [2.24, 2.45) is 0 Å². The van der Waals surface area contributed by atoms with Gasteiger partial charge in [-0.3, -0.25) is 10.1 Å². The molecule has 5 heteroatoms. The van der Waals surface area contributed by atoms with Gasteiger partial charge in [-0.25, -0.2) is 0 Å². The molecule has 1 aliphatic rings. The van der Waals surface area contributed by atoms with E-state index in [1.807, 2.05) is 18.2 Å². The molecule has 4 nitrogen and oxygen atoms in total. The third-order valence-electron chi connectivity index (χ3n) is 4.27. The number of amides is 1. The zero-order valence-corrected chi connectivity index (χ0v) is 13.7. The second-order valence-corrected chi connectivity index (χ2v) is 6.88. The predicted molar refractivity (Wildman–Crippen MR) is 93.2 cm³/mol. The normalized spacial score (nSPS) is 12.7. The van der Waals surface area contributed by atoms with E-state index in [4.69, 9.17) is 0 Å². The summed E-state index contributed by atoms with van der Waals surface area (Å²) in [6, 6.07) is 10.2. The van der Waals surface area contributed by atoms with Crippen LogP contribution in [0.5, 0.6) is 0 Å². The predicted octanol–water partition coefficient (Wildman–Crippen LogP) is 3.99. The summed E-state index contributed by atoms with van der Waals surface area (Å²) in [5, 5.41) is 14.9. The Morgan fingerprint density at radius 3 is 2.83 bits per heavy atom. The van der Waals surface area contributed by atoms with Gasteiger partial charge in [0.1, 0.15) is 5.01 Å². The number of carbonyl (C=O) groups is 1. The van der Waals surface area contributed by atoms with Crippen LogP contribution < -0.4 is 5.32 Å². The van der Waals surface area contributed by atoms with Crippen LogP contribution in [0.3, 0.4) is 0 Å². The van der Waals surface area contributed by atoms with Gasteiger partial charge in [-0.15, -0.1) is 10.2 Å². The van der Waals surface area contributed by atoms with Crippen molar-refractivity contribution in [1.29, 1.82) is 0 Å². The highest BCUT2D eigenvalue weighted by molar-refractivity contribution is 7.15. The molecule has 0 saturated heterocycles. The summed E-state index contributed by atoms with van der Waals surface area (Å²) < 4.78 is 0. The average Bonchev–Trinajstić information content (AvgIpc) is 3.17. The van der Waals surface area contributed by atoms with Crippen LogP contribution in [0.4, 0.5) is 5.13 Å². The molecule has 0 spiro atoms. The third kappa shape index (κ3) is 2.51. The number of hydrogen-bond donors (Lipinski definition) is 1. The summed E-state index contributed by atoms with van der Waals surface area (Å²) in [5.41, 5.74) is 3.39. The van der Waals surface area contributed by atoms with Gasteiger partial charge in [0.25, 0.3) is 5.91 Å². The van der Waals surface area contributed by atoms with Gasteiger partial charge in [-0.05, 0) is 47.2 Å². The number of benzene rings is 2. The number of rotatable bonds is 4. The van der Waals surface area contributed by atoms with Crippen molar-refractivity contribution in [1.82, 2.24) is 10.2 Å². The molecule has 0 aliphatic heterocycles. The summed E-state index contributed by atoms with van der Waals surface area (Å²) in [5.74, 6) is -0.111. The Morgan fingerprint density at radius 2 is 2.00 bits per heavy atom. The summed E-state index contributed by atoms with van der Waals surface area (Å²) in [7, 11) is 0. The molecule has 0 unspecified atom stereocenters. The number of aryl methyl sites for hydroxylation is 3. The summed E-state index contributed by atoms with van der Waals surface area (Å²) in [6.07, 6.45) is 4.05. The van der Waals surface area contributed by atoms with E-state index in [9.17, 15) is 4.79 Å². The van der Waals surface area contributed by atoms with Crippen LogP contribution in [0.25, 0.3) is 10.8 Å². The van der Waals surface area contributed by atoms with Gasteiger partial charge in [0.2, 0.25) is 5.13 Å². The first-order valence-electron chi connectivity index (χ1n) is 7.93. The van der Waals surface area contributed by atoms with E-state index in [0.717, 1.165) is 36.1 Å². The van der Waals surface area contributed by atoms with E-state index < -0.39 is 0 Å². The van der Waals surface area contributed by atoms with E-state index >= 15 is 0 Å². The van der Waals surface area contributed by atoms with Crippen molar-refractivity contribution in [3.05, 3.63) is 52.0 Å². The maximum Gasteiger partial charge on any atom is 0.258 e. The lowest BCUT2D eigenvalue weighted by Crippen LogP contribution is -2.12. The minimum atomic E-state index is -0.111. The highest BCUT2D eigenvalue weighted by Gasteiger charge is 2.19. The van der Waals surface area contributed by atoms with Crippen molar-refractivity contribution >= 4 is 33.1 Å². The van der Waals surface area contributed by atoms with Gasteiger partial charge in [0.15, 0.2) is 0 Å². The number of anilines is 1. The maximum absolute atomic E-state index is 12.7. The number of carbonyl (C=O) groups excluding carboxylic acids is 1. The lowest BCUT2D eigenvalue weighted by Gasteiger charge is -2.08. The van der Waals surface area contributed by atoms with Crippen LogP contribution >= 0.6 is 11.3 Å². The van der Waals surface area contributed by atoms with Gasteiger partial charge in [-0.2, -0.15) is 0 Å². The number of nitrogens with one attached hydrogen (secondary N) is 1. The van der Waals surface area contributed by atoms with Crippen molar-refractivity contribution in [3.8, 4) is 0 Å². The Balaban J connectivity index is 1.67. The fraction of sp³-hybridized carbons (Fsp3) is 0.278. The van der Waals surface area contributed by atoms with Crippen molar-refractivity contribution in [2.75, 3.05) is 5.32 Å². The van der Waals surface area contributed by atoms with Gasteiger partial charge in [0.05, 0.1) is 0 Å². The third-order valence-corrected chi connectivity index (χ3v) is 5.17. The molecule has 0 radical (unpaired) electrons. The SMILES string of the molecule is CCCc1nnc(NC(=O)c2ccc3c4c(cccc24)CC3)s1. The molecule has 0 atom stereocenters. The molecule has 0 saturated carbocycles. The fourth-order valence-electron chi connectivity index (χ4n) is 3.23. The summed E-state index contributed by atoms with van der Waals surface area (Å²) in [6.45, 7) is 2.10. The Kier molecular flexibility index (Phi) is 3.58. The zero-order valence-electron chi connectivity index (χ0n) is 12.9. The van der Waals surface area contributed by atoms with Crippen LogP contribution in [-0.4, -0.2) is 16.1 Å². The molecule has 1 N–H and O–H groups in total. The zero-order chi connectivity index (χ0) is 15.8. The van der Waals surface area contributed by atoms with Crippen LogP contribution in [0, 0.1) is 0 Å². The molecule has 1 aliphatic carbocycles. The van der Waals surface area contributed by atoms with Crippen LogP contribution in [0.15, 0.2) is 30.3 Å². The lowest BCUT2D eigenvalue weighted by molar-refractivity contribution is 0.102. The standard InChI is InChI=1S/C18H17N3OS/c1-2-4-15-20-21-18(23-15)19-17(22)14-10-9-12-8-7-11-5-3-6-13(14)16(11)12/h3,5-6,9-10H,2,4,7-8H2,1H3,(H,19,21,22). The minimum Gasteiger partial charge on any atom is -0.296 e. The first-order valence-corrected chi connectivity index (χ1v) is 8.75. The largest absolute Gasteiger partial charge is 0.296 e. The van der Waals surface area contributed by atoms with Crippen molar-refractivity contribution in [3.63, 3.8) is 0 Å². The van der Waals surface area contributed by atoms with Crippen LogP contribution in [0.2, 0.25) is 0 Å². The monoisotopic (exact) mass is 323 g/mol. The van der Waals surface area contributed by atoms with E-state index in [1.165, 1.54) is 27.8 Å². The first-order chi connectivity index (χ1) is 11.3. The molecule has 4 rings (SSSR count). The minimum absolute atomic E-state index is 0.111. The molecule has 0 bridgehead atoms. The number of nitrogens with zero attached hydrogens (tertiary/aromatic N) is 2. The Bertz CT molecular complexity index is 890. The molecule has 2 aromatic carbocycles. The van der Waals surface area contributed by atoms with E-state index in [-0.39, 0.29) is 5.91 Å². The maximum atomic E-state index is 12.7. The summed E-state index contributed by atoms with van der Waals surface area (Å²) >= 11 is 1.45. The number of aromatic nitrogens is 2. The quantitative estimate of drug-likeness (QED) is 0.789. The van der Waals surface area contributed by atoms with Gasteiger partial charge < -0.3 is 0 Å². The molecular weight excluding hydrogens is 306 g/mol. The van der Waals surface area contributed by atoms with Gasteiger partial charge in [0, 0.05) is 12.0 Å². The second-order valence-electron chi connectivity index (χ2n) is 5.82. The molecule has 0 fully saturated rings. The van der Waals surface area contributed by atoms with E-state index in [2.05, 4.69) is 34.6 Å². The van der Waals surface area contributed by atoms with Crippen LogP contribution in [0.1, 0.15) is 39.8 Å². The Morgan fingerprint density at radius 1 is 1.17 bits per heavy atom. The van der Waals surface area contributed by atoms with Crippen LogP contribution in [-0.2, 0) is 19.3 Å². The van der Waals surface area contributed by atoms with E-state index in [1.54, 1.807) is 0 Å². The topological polar surface area (TPSA) is 54.9 Å². The molecular formula is C18H17N3OS. The molecule has 1 heterocycles. The molecule has 3 aromatic rings. The molecule has 1 aromatic heterocycles. The fourth-order valence-corrected chi connectivity index (χ4v) is 4.06. The van der Waals surface area contributed by atoms with Gasteiger partial charge >= 0.3 is 0 Å². The first kappa shape index (κ1) is 14.3. The molecule has 23 heavy (non-hydrogen) atoms. The average molecular weight is 323 g/mol. The van der Waals surface area contributed by atoms with Gasteiger partial charge in [-0.1, -0.05) is 42.5 Å². The highest BCUT2D eigenvalue weighted by atomic mass is 32.1. The van der Waals surface area contributed by atoms with Crippen molar-refractivity contribution in [2.45, 2.75) is 32.6 Å². The second kappa shape index (κ2) is 5.74. The number of hydrogen-bond acceptors (Lipinski definition) is 4. The Hall–Kier alpha value is -2.27.